The molecule has 0 spiro atoms. The van der Waals surface area contributed by atoms with Crippen molar-refractivity contribution in [3.05, 3.63) is 59.4 Å². The molecule has 2 aromatic rings. The fourth-order valence-corrected chi connectivity index (χ4v) is 2.70. The highest BCUT2D eigenvalue weighted by Crippen LogP contribution is 2.33. The molecule has 0 saturated heterocycles. The quantitative estimate of drug-likeness (QED) is 0.913. The molecule has 0 saturated carbocycles. The first-order chi connectivity index (χ1) is 12.5. The zero-order valence-electron chi connectivity index (χ0n) is 14.0. The van der Waals surface area contributed by atoms with Gasteiger partial charge < -0.3 is 10.1 Å². The Morgan fingerprint density at radius 2 is 2.12 bits per heavy atom. The summed E-state index contributed by atoms with van der Waals surface area (Å²) in [5.41, 5.74) is 1.03. The van der Waals surface area contributed by atoms with Crippen molar-refractivity contribution < 1.29 is 18.7 Å². The maximum Gasteiger partial charge on any atom is 0.268 e. The number of nitrogens with one attached hydrogen (secondary N) is 1. The van der Waals surface area contributed by atoms with E-state index in [1.54, 1.807) is 31.2 Å². The van der Waals surface area contributed by atoms with Crippen LogP contribution in [0, 0.1) is 17.1 Å². The summed E-state index contributed by atoms with van der Waals surface area (Å²) in [5.74, 6) is -0.744. The summed E-state index contributed by atoms with van der Waals surface area (Å²) in [6.07, 6.45) is -0.692. The molecular weight excluding hydrogens is 337 g/mol. The molecule has 7 heteroatoms. The van der Waals surface area contributed by atoms with Gasteiger partial charge in [-0.3, -0.25) is 14.5 Å². The van der Waals surface area contributed by atoms with E-state index in [0.717, 1.165) is 0 Å². The van der Waals surface area contributed by atoms with Crippen LogP contribution in [0.4, 0.5) is 10.1 Å². The fraction of sp³-hybridized carbons (Fsp3) is 0.211. The standard InChI is InChI=1S/C19H16FN3O3/c1-12-19(25)23(16-4-2-3-5-17(16)26-12)11-18(24)22-10-14-8-13(9-21)6-7-15(14)20/h2-8,12H,10-11H2,1H3,(H,22,24). The van der Waals surface area contributed by atoms with Gasteiger partial charge in [0.25, 0.3) is 5.91 Å². The highest BCUT2D eigenvalue weighted by atomic mass is 19.1. The van der Waals surface area contributed by atoms with Crippen LogP contribution in [0.25, 0.3) is 0 Å². The fourth-order valence-electron chi connectivity index (χ4n) is 2.70. The lowest BCUT2D eigenvalue weighted by Crippen LogP contribution is -2.48. The third-order valence-corrected chi connectivity index (χ3v) is 4.03. The van der Waals surface area contributed by atoms with Crippen LogP contribution in [0.2, 0.25) is 0 Å². The van der Waals surface area contributed by atoms with Crippen LogP contribution in [0.5, 0.6) is 5.75 Å². The maximum absolute atomic E-state index is 13.8. The summed E-state index contributed by atoms with van der Waals surface area (Å²) in [5, 5.41) is 11.5. The van der Waals surface area contributed by atoms with E-state index in [-0.39, 0.29) is 24.6 Å². The number of halogens is 1. The van der Waals surface area contributed by atoms with Crippen LogP contribution in [-0.4, -0.2) is 24.5 Å². The van der Waals surface area contributed by atoms with Gasteiger partial charge in [-0.25, -0.2) is 4.39 Å². The number of carbonyl (C=O) groups is 2. The van der Waals surface area contributed by atoms with Gasteiger partial charge in [-0.05, 0) is 37.3 Å². The number of nitrogens with zero attached hydrogens (tertiary/aromatic N) is 2. The van der Waals surface area contributed by atoms with Crippen molar-refractivity contribution in [2.45, 2.75) is 19.6 Å². The maximum atomic E-state index is 13.8. The van der Waals surface area contributed by atoms with Gasteiger partial charge in [0.1, 0.15) is 18.1 Å². The molecule has 1 heterocycles. The van der Waals surface area contributed by atoms with E-state index >= 15 is 0 Å². The minimum atomic E-state index is -0.692. The van der Waals surface area contributed by atoms with Gasteiger partial charge in [-0.15, -0.1) is 0 Å². The lowest BCUT2D eigenvalue weighted by Gasteiger charge is -2.32. The van der Waals surface area contributed by atoms with E-state index < -0.39 is 17.8 Å². The largest absolute Gasteiger partial charge is 0.479 e. The van der Waals surface area contributed by atoms with Crippen molar-refractivity contribution in [1.82, 2.24) is 5.32 Å². The summed E-state index contributed by atoms with van der Waals surface area (Å²) < 4.78 is 19.3. The normalized spacial score (nSPS) is 15.7. The Hall–Kier alpha value is -3.40. The zero-order chi connectivity index (χ0) is 18.7. The minimum absolute atomic E-state index is 0.0735. The van der Waals surface area contributed by atoms with Crippen LogP contribution < -0.4 is 15.0 Å². The Morgan fingerprint density at radius 3 is 2.88 bits per heavy atom. The van der Waals surface area contributed by atoms with Crippen LogP contribution in [0.3, 0.4) is 0 Å². The number of nitriles is 1. The number of rotatable bonds is 4. The van der Waals surface area contributed by atoms with Gasteiger partial charge in [-0.2, -0.15) is 5.26 Å². The second-order valence-electron chi connectivity index (χ2n) is 5.85. The number of hydrogen-bond donors (Lipinski definition) is 1. The minimum Gasteiger partial charge on any atom is -0.479 e. The first-order valence-corrected chi connectivity index (χ1v) is 8.02. The van der Waals surface area contributed by atoms with E-state index in [1.807, 2.05) is 6.07 Å². The molecule has 132 valence electrons. The number of anilines is 1. The molecule has 0 radical (unpaired) electrons. The molecule has 1 unspecified atom stereocenters. The Morgan fingerprint density at radius 1 is 1.35 bits per heavy atom. The summed E-state index contributed by atoms with van der Waals surface area (Å²) in [7, 11) is 0. The number of carbonyl (C=O) groups excluding carboxylic acids is 2. The summed E-state index contributed by atoms with van der Waals surface area (Å²) in [4.78, 5) is 26.0. The molecule has 1 aliphatic rings. The van der Waals surface area contributed by atoms with Gasteiger partial charge in [0.15, 0.2) is 6.10 Å². The van der Waals surface area contributed by atoms with Gasteiger partial charge in [-0.1, -0.05) is 12.1 Å². The summed E-state index contributed by atoms with van der Waals surface area (Å²) in [6.45, 7) is 1.34. The third-order valence-electron chi connectivity index (χ3n) is 4.03. The van der Waals surface area contributed by atoms with Crippen molar-refractivity contribution in [2.75, 3.05) is 11.4 Å². The lowest BCUT2D eigenvalue weighted by molar-refractivity contribution is -0.128. The molecule has 3 rings (SSSR count). The molecule has 0 aromatic heterocycles. The van der Waals surface area contributed by atoms with E-state index in [2.05, 4.69) is 5.32 Å². The van der Waals surface area contributed by atoms with Crippen molar-refractivity contribution >= 4 is 17.5 Å². The van der Waals surface area contributed by atoms with Crippen molar-refractivity contribution in [2.24, 2.45) is 0 Å². The molecule has 0 aliphatic carbocycles. The summed E-state index contributed by atoms with van der Waals surface area (Å²) in [6, 6.07) is 12.8. The van der Waals surface area contributed by atoms with Crippen molar-refractivity contribution in [3.63, 3.8) is 0 Å². The molecule has 0 bridgehead atoms. The van der Waals surface area contributed by atoms with Gasteiger partial charge >= 0.3 is 0 Å². The molecule has 1 aliphatic heterocycles. The highest BCUT2D eigenvalue weighted by Gasteiger charge is 2.32. The average molecular weight is 353 g/mol. The van der Waals surface area contributed by atoms with Crippen LogP contribution >= 0.6 is 0 Å². The van der Waals surface area contributed by atoms with Gasteiger partial charge in [0, 0.05) is 12.1 Å². The van der Waals surface area contributed by atoms with Gasteiger partial charge in [0.2, 0.25) is 5.91 Å². The molecular formula is C19H16FN3O3. The number of fused-ring (bicyclic) bond motifs is 1. The average Bonchev–Trinajstić information content (AvgIpc) is 2.64. The molecule has 6 nitrogen and oxygen atoms in total. The van der Waals surface area contributed by atoms with Crippen LogP contribution in [0.1, 0.15) is 18.1 Å². The first-order valence-electron chi connectivity index (χ1n) is 8.02. The lowest BCUT2D eigenvalue weighted by atomic mass is 10.1. The first kappa shape index (κ1) is 17.4. The van der Waals surface area contributed by atoms with Crippen molar-refractivity contribution in [3.8, 4) is 11.8 Å². The number of ether oxygens (including phenoxy) is 1. The van der Waals surface area contributed by atoms with E-state index in [1.165, 1.54) is 23.1 Å². The Kier molecular flexibility index (Phi) is 4.85. The molecule has 1 N–H and O–H groups in total. The monoisotopic (exact) mass is 353 g/mol. The molecule has 26 heavy (non-hydrogen) atoms. The van der Waals surface area contributed by atoms with E-state index in [0.29, 0.717) is 17.0 Å². The molecule has 0 fully saturated rings. The third kappa shape index (κ3) is 3.49. The van der Waals surface area contributed by atoms with Crippen LogP contribution in [-0.2, 0) is 16.1 Å². The number of benzene rings is 2. The topological polar surface area (TPSA) is 82.4 Å². The van der Waals surface area contributed by atoms with Crippen molar-refractivity contribution in [1.29, 1.82) is 5.26 Å². The second-order valence-corrected chi connectivity index (χ2v) is 5.85. The summed E-state index contributed by atoms with van der Waals surface area (Å²) >= 11 is 0. The van der Waals surface area contributed by atoms with E-state index in [9.17, 15) is 14.0 Å². The molecule has 1 atom stereocenters. The zero-order valence-corrected chi connectivity index (χ0v) is 14.0. The molecule has 2 aromatic carbocycles. The predicted octanol–water partition coefficient (Wildman–Crippen LogP) is 2.13. The highest BCUT2D eigenvalue weighted by molar-refractivity contribution is 6.03. The smallest absolute Gasteiger partial charge is 0.268 e. The number of amides is 2. The van der Waals surface area contributed by atoms with E-state index in [4.69, 9.17) is 10.00 Å². The number of hydrogen-bond acceptors (Lipinski definition) is 4. The van der Waals surface area contributed by atoms with Gasteiger partial charge in [0.05, 0.1) is 17.3 Å². The van der Waals surface area contributed by atoms with Crippen LogP contribution in [0.15, 0.2) is 42.5 Å². The Labute approximate surface area is 149 Å². The predicted molar refractivity (Wildman–Crippen MR) is 91.8 cm³/mol. The Balaban J connectivity index is 1.70. The Bertz CT molecular complexity index is 907. The number of para-hydroxylation sites is 2. The SMILES string of the molecule is CC1Oc2ccccc2N(CC(=O)NCc2cc(C#N)ccc2F)C1=O. The second kappa shape index (κ2) is 7.23. The molecule has 2 amide bonds.